The van der Waals surface area contributed by atoms with Crippen molar-refractivity contribution in [3.05, 3.63) is 36.5 Å². The zero-order valence-electron chi connectivity index (χ0n) is 15.9. The van der Waals surface area contributed by atoms with Gasteiger partial charge in [0.05, 0.1) is 23.4 Å². The first-order valence-corrected chi connectivity index (χ1v) is 10.6. The molecule has 0 radical (unpaired) electrons. The molecule has 0 aliphatic carbocycles. The Morgan fingerprint density at radius 2 is 2.14 bits per heavy atom. The Bertz CT molecular complexity index is 1040. The van der Waals surface area contributed by atoms with Gasteiger partial charge in [-0.3, -0.25) is 4.79 Å². The molecule has 0 N–H and O–H groups in total. The van der Waals surface area contributed by atoms with E-state index in [-0.39, 0.29) is 12.5 Å². The van der Waals surface area contributed by atoms with Crippen LogP contribution in [0.3, 0.4) is 0 Å². The van der Waals surface area contributed by atoms with Gasteiger partial charge in [0.25, 0.3) is 5.91 Å². The summed E-state index contributed by atoms with van der Waals surface area (Å²) in [7, 11) is 0. The lowest BCUT2D eigenvalue weighted by Crippen LogP contribution is -2.41. The number of amides is 1. The summed E-state index contributed by atoms with van der Waals surface area (Å²) in [5.74, 6) is 0.790. The highest BCUT2D eigenvalue weighted by Gasteiger charge is 2.22. The number of rotatable bonds is 3. The van der Waals surface area contributed by atoms with Crippen molar-refractivity contribution >= 4 is 39.0 Å². The zero-order valence-corrected chi connectivity index (χ0v) is 16.7. The first-order valence-electron chi connectivity index (χ1n) is 9.81. The quantitative estimate of drug-likeness (QED) is 0.657. The number of alkyl halides is 1. The first-order chi connectivity index (χ1) is 14.2. The maximum absolute atomic E-state index is 13.7. The van der Waals surface area contributed by atoms with Crippen LogP contribution in [0.15, 0.2) is 36.5 Å². The number of halogens is 1. The molecule has 2 aliphatic rings. The number of pyridine rings is 1. The molecule has 0 unspecified atom stereocenters. The van der Waals surface area contributed by atoms with E-state index in [2.05, 4.69) is 4.98 Å². The Balaban J connectivity index is 1.39. The number of anilines is 2. The number of morpholine rings is 1. The molecule has 1 amide bonds. The van der Waals surface area contributed by atoms with Crippen LogP contribution in [0.4, 0.5) is 15.9 Å². The number of hydrogen-bond donors (Lipinski definition) is 0. The second-order valence-electron chi connectivity index (χ2n) is 7.36. The van der Waals surface area contributed by atoms with Crippen molar-refractivity contribution in [1.29, 1.82) is 0 Å². The summed E-state index contributed by atoms with van der Waals surface area (Å²) in [5, 5.41) is 0.881. The van der Waals surface area contributed by atoms with Gasteiger partial charge in [-0.2, -0.15) is 0 Å². The number of nitrogens with zero attached hydrogens (tertiary/aromatic N) is 4. The van der Waals surface area contributed by atoms with Crippen molar-refractivity contribution in [3.63, 3.8) is 0 Å². The molecular weight excluding hydrogens is 391 g/mol. The van der Waals surface area contributed by atoms with E-state index in [1.165, 1.54) is 0 Å². The van der Waals surface area contributed by atoms with Crippen LogP contribution in [0.25, 0.3) is 20.8 Å². The Labute approximate surface area is 171 Å². The Hall–Kier alpha value is -2.58. The monoisotopic (exact) mass is 412 g/mol. The van der Waals surface area contributed by atoms with E-state index in [1.807, 2.05) is 35.2 Å². The number of carbonyl (C=O) groups excluding carboxylic acids is 1. The van der Waals surface area contributed by atoms with E-state index in [1.54, 1.807) is 22.4 Å². The highest BCUT2D eigenvalue weighted by atomic mass is 32.1. The number of thiazole rings is 1. The summed E-state index contributed by atoms with van der Waals surface area (Å²) in [6, 6.07) is 9.83. The SMILES string of the molecule is O=C1COCCN1c1ccc2nc(-c3ccc(N4CCC[C@H](F)C4)nc3)sc2c1. The number of carbonyl (C=O) groups is 1. The van der Waals surface area contributed by atoms with E-state index in [4.69, 9.17) is 9.72 Å². The molecule has 8 heteroatoms. The number of piperidine rings is 1. The van der Waals surface area contributed by atoms with E-state index in [0.717, 1.165) is 45.3 Å². The summed E-state index contributed by atoms with van der Waals surface area (Å²) < 4.78 is 19.9. The molecule has 1 atom stereocenters. The van der Waals surface area contributed by atoms with Gasteiger partial charge in [-0.05, 0) is 43.2 Å². The van der Waals surface area contributed by atoms with E-state index >= 15 is 0 Å². The largest absolute Gasteiger partial charge is 0.370 e. The Kier molecular flexibility index (Phi) is 4.89. The maximum Gasteiger partial charge on any atom is 0.253 e. The van der Waals surface area contributed by atoms with E-state index < -0.39 is 6.17 Å². The lowest BCUT2D eigenvalue weighted by atomic mass is 10.1. The van der Waals surface area contributed by atoms with Crippen molar-refractivity contribution in [2.24, 2.45) is 0 Å². The summed E-state index contributed by atoms with van der Waals surface area (Å²) in [5.41, 5.74) is 2.71. The van der Waals surface area contributed by atoms with Crippen LogP contribution in [0.1, 0.15) is 12.8 Å². The summed E-state index contributed by atoms with van der Waals surface area (Å²) in [6.45, 7) is 2.51. The fraction of sp³-hybridized carbons (Fsp3) is 0.381. The number of benzene rings is 1. The molecule has 5 rings (SSSR count). The number of hydrogen-bond acceptors (Lipinski definition) is 6. The second kappa shape index (κ2) is 7.68. The Morgan fingerprint density at radius 3 is 2.93 bits per heavy atom. The third-order valence-electron chi connectivity index (χ3n) is 5.35. The van der Waals surface area contributed by atoms with Crippen molar-refractivity contribution in [3.8, 4) is 10.6 Å². The number of ether oxygens (including phenoxy) is 1. The third kappa shape index (κ3) is 3.70. The normalized spacial score (nSPS) is 20.4. The molecule has 29 heavy (non-hydrogen) atoms. The van der Waals surface area contributed by atoms with Gasteiger partial charge in [0, 0.05) is 30.5 Å². The van der Waals surface area contributed by atoms with Crippen molar-refractivity contribution in [2.75, 3.05) is 42.6 Å². The number of aromatic nitrogens is 2. The van der Waals surface area contributed by atoms with Gasteiger partial charge in [0.15, 0.2) is 0 Å². The zero-order chi connectivity index (χ0) is 19.8. The molecule has 2 aliphatic heterocycles. The van der Waals surface area contributed by atoms with Crippen molar-refractivity contribution < 1.29 is 13.9 Å². The van der Waals surface area contributed by atoms with Crippen LogP contribution in [0.5, 0.6) is 0 Å². The molecule has 0 saturated carbocycles. The predicted octanol–water partition coefficient (Wildman–Crippen LogP) is 3.66. The standard InChI is InChI=1S/C21H21FN4O2S/c22-15-2-1-7-25(12-15)19-6-3-14(11-23-19)21-24-17-5-4-16(10-18(17)29-21)26-8-9-28-13-20(26)27/h3-6,10-11,15H,1-2,7-9,12-13H2/t15-/m0/s1. The molecule has 0 spiro atoms. The molecule has 4 heterocycles. The lowest BCUT2D eigenvalue weighted by molar-refractivity contribution is -0.125. The van der Waals surface area contributed by atoms with Crippen LogP contribution in [-0.4, -0.2) is 54.9 Å². The van der Waals surface area contributed by atoms with E-state index in [9.17, 15) is 9.18 Å². The molecule has 0 bridgehead atoms. The summed E-state index contributed by atoms with van der Waals surface area (Å²) in [4.78, 5) is 25.1. The minimum Gasteiger partial charge on any atom is -0.370 e. The second-order valence-corrected chi connectivity index (χ2v) is 8.39. The van der Waals surface area contributed by atoms with Gasteiger partial charge in [-0.1, -0.05) is 0 Å². The third-order valence-corrected chi connectivity index (χ3v) is 6.42. The highest BCUT2D eigenvalue weighted by molar-refractivity contribution is 7.21. The van der Waals surface area contributed by atoms with Gasteiger partial charge >= 0.3 is 0 Å². The van der Waals surface area contributed by atoms with Gasteiger partial charge in [0.2, 0.25) is 0 Å². The molecule has 150 valence electrons. The van der Waals surface area contributed by atoms with Gasteiger partial charge in [0.1, 0.15) is 23.6 Å². The van der Waals surface area contributed by atoms with Crippen LogP contribution in [0, 0.1) is 0 Å². The smallest absolute Gasteiger partial charge is 0.253 e. The molecule has 2 aromatic heterocycles. The first kappa shape index (κ1) is 18.4. The van der Waals surface area contributed by atoms with Gasteiger partial charge < -0.3 is 14.5 Å². The molecule has 6 nitrogen and oxygen atoms in total. The lowest BCUT2D eigenvalue weighted by Gasteiger charge is -2.29. The highest BCUT2D eigenvalue weighted by Crippen LogP contribution is 2.33. The van der Waals surface area contributed by atoms with Gasteiger partial charge in [-0.15, -0.1) is 11.3 Å². The summed E-state index contributed by atoms with van der Waals surface area (Å²) >= 11 is 1.58. The molecule has 3 aromatic rings. The van der Waals surface area contributed by atoms with Crippen LogP contribution < -0.4 is 9.80 Å². The van der Waals surface area contributed by atoms with Crippen LogP contribution in [-0.2, 0) is 9.53 Å². The topological polar surface area (TPSA) is 58.6 Å². The average molecular weight is 412 g/mol. The summed E-state index contributed by atoms with van der Waals surface area (Å²) in [6.07, 6.45) is 2.53. The predicted molar refractivity (Wildman–Crippen MR) is 112 cm³/mol. The molecule has 1 aromatic carbocycles. The fourth-order valence-corrected chi connectivity index (χ4v) is 4.82. The van der Waals surface area contributed by atoms with Gasteiger partial charge in [-0.25, -0.2) is 14.4 Å². The van der Waals surface area contributed by atoms with Crippen LogP contribution >= 0.6 is 11.3 Å². The van der Waals surface area contributed by atoms with Crippen molar-refractivity contribution in [1.82, 2.24) is 9.97 Å². The molecular formula is C21H21FN4O2S. The average Bonchev–Trinajstić information content (AvgIpc) is 3.18. The van der Waals surface area contributed by atoms with E-state index in [0.29, 0.717) is 26.1 Å². The minimum atomic E-state index is -0.776. The molecule has 2 saturated heterocycles. The fourth-order valence-electron chi connectivity index (χ4n) is 3.83. The Morgan fingerprint density at radius 1 is 1.21 bits per heavy atom. The van der Waals surface area contributed by atoms with Crippen LogP contribution in [0.2, 0.25) is 0 Å². The number of fused-ring (bicyclic) bond motifs is 1. The minimum absolute atomic E-state index is 0.0200. The maximum atomic E-state index is 13.7. The van der Waals surface area contributed by atoms with Crippen molar-refractivity contribution in [2.45, 2.75) is 19.0 Å². The molecule has 2 fully saturated rings.